The molecule has 0 saturated heterocycles. The van der Waals surface area contributed by atoms with Gasteiger partial charge < -0.3 is 41.2 Å². The molecule has 282 valence electrons. The Labute approximate surface area is 305 Å². The number of carbonyl (C=O) groups excluding carboxylic acids is 5. The number of rotatable bonds is 20. The van der Waals surface area contributed by atoms with E-state index in [1.54, 1.807) is 21.0 Å². The largest absolute Gasteiger partial charge is 0.497 e. The van der Waals surface area contributed by atoms with Crippen molar-refractivity contribution in [2.75, 3.05) is 27.4 Å². The number of amides is 4. The minimum Gasteiger partial charge on any atom is -0.497 e. The zero-order valence-electron chi connectivity index (χ0n) is 30.9. The topological polar surface area (TPSA) is 187 Å². The Bertz CT molecular complexity index is 1650. The summed E-state index contributed by atoms with van der Waals surface area (Å²) in [5.74, 6) is -2.42. The number of benzene rings is 3. The van der Waals surface area contributed by atoms with Gasteiger partial charge in [-0.2, -0.15) is 0 Å². The molecule has 0 spiro atoms. The van der Waals surface area contributed by atoms with Gasteiger partial charge in [0.1, 0.15) is 29.9 Å². The second kappa shape index (κ2) is 20.7. The van der Waals surface area contributed by atoms with Crippen molar-refractivity contribution in [1.29, 1.82) is 0 Å². The Morgan fingerprint density at radius 3 is 2.00 bits per heavy atom. The minimum absolute atomic E-state index is 0.149. The lowest BCUT2D eigenvalue weighted by Gasteiger charge is -2.27. The van der Waals surface area contributed by atoms with Crippen molar-refractivity contribution in [3.63, 3.8) is 0 Å². The molecular formula is C39H53N5O8. The normalized spacial score (nSPS) is 14.0. The monoisotopic (exact) mass is 719 g/mol. The van der Waals surface area contributed by atoms with Gasteiger partial charge in [0.2, 0.25) is 23.6 Å². The van der Waals surface area contributed by atoms with Crippen LogP contribution < -0.4 is 31.7 Å². The first kappa shape index (κ1) is 41.4. The van der Waals surface area contributed by atoms with Crippen molar-refractivity contribution in [3.05, 3.63) is 77.9 Å². The quantitative estimate of drug-likeness (QED) is 0.0864. The molecule has 3 aromatic rings. The van der Waals surface area contributed by atoms with Gasteiger partial charge in [-0.3, -0.25) is 19.2 Å². The number of hydrogen-bond donors (Lipinski definition) is 5. The molecule has 0 aliphatic rings. The van der Waals surface area contributed by atoms with Gasteiger partial charge in [0, 0.05) is 13.3 Å². The highest BCUT2D eigenvalue weighted by atomic mass is 16.5. The van der Waals surface area contributed by atoms with Gasteiger partial charge in [-0.25, -0.2) is 4.79 Å². The van der Waals surface area contributed by atoms with E-state index >= 15 is 0 Å². The number of esters is 1. The summed E-state index contributed by atoms with van der Waals surface area (Å²) in [6.45, 7) is 6.83. The maximum absolute atomic E-state index is 13.9. The van der Waals surface area contributed by atoms with Crippen LogP contribution in [0.25, 0.3) is 10.8 Å². The highest BCUT2D eigenvalue weighted by Crippen LogP contribution is 2.26. The second-order valence-corrected chi connectivity index (χ2v) is 13.1. The molecule has 0 aliphatic carbocycles. The van der Waals surface area contributed by atoms with Crippen molar-refractivity contribution in [2.24, 2.45) is 11.7 Å². The molecule has 3 rings (SSSR count). The van der Waals surface area contributed by atoms with Crippen LogP contribution in [0.3, 0.4) is 0 Å². The Kier molecular flexibility index (Phi) is 16.5. The smallest absolute Gasteiger partial charge is 0.328 e. The third kappa shape index (κ3) is 12.6. The molecule has 0 radical (unpaired) electrons. The average molecular weight is 720 g/mol. The molecule has 52 heavy (non-hydrogen) atoms. The van der Waals surface area contributed by atoms with Crippen LogP contribution in [-0.2, 0) is 39.9 Å². The van der Waals surface area contributed by atoms with Gasteiger partial charge in [-0.1, -0.05) is 62.4 Å². The van der Waals surface area contributed by atoms with E-state index in [4.69, 9.17) is 19.9 Å². The molecule has 0 bridgehead atoms. The number of nitrogens with two attached hydrogens (primary N) is 1. The fourth-order valence-corrected chi connectivity index (χ4v) is 5.65. The van der Waals surface area contributed by atoms with Gasteiger partial charge in [-0.05, 0) is 78.7 Å². The van der Waals surface area contributed by atoms with E-state index < -0.39 is 54.0 Å². The summed E-state index contributed by atoms with van der Waals surface area (Å²) in [6.07, 6.45) is 0.996. The van der Waals surface area contributed by atoms with E-state index in [2.05, 4.69) is 21.3 Å². The molecule has 13 heteroatoms. The van der Waals surface area contributed by atoms with Gasteiger partial charge in [0.05, 0.1) is 26.9 Å². The van der Waals surface area contributed by atoms with E-state index in [-0.39, 0.29) is 31.3 Å². The van der Waals surface area contributed by atoms with E-state index in [0.717, 1.165) is 27.6 Å². The Balaban J connectivity index is 1.88. The van der Waals surface area contributed by atoms with Crippen LogP contribution in [0.1, 0.15) is 64.2 Å². The number of hydrogen-bond acceptors (Lipinski definition) is 9. The van der Waals surface area contributed by atoms with Crippen LogP contribution in [0, 0.1) is 5.92 Å². The molecule has 5 atom stereocenters. The van der Waals surface area contributed by atoms with Crippen molar-refractivity contribution >= 4 is 40.4 Å². The number of methoxy groups -OCH3 is 2. The summed E-state index contributed by atoms with van der Waals surface area (Å²) in [5.41, 5.74) is 7.33. The van der Waals surface area contributed by atoms with Gasteiger partial charge in [0.25, 0.3) is 0 Å². The van der Waals surface area contributed by atoms with E-state index in [9.17, 15) is 24.0 Å². The summed E-state index contributed by atoms with van der Waals surface area (Å²) in [4.78, 5) is 65.8. The first-order chi connectivity index (χ1) is 24.9. The highest BCUT2D eigenvalue weighted by molar-refractivity contribution is 5.95. The average Bonchev–Trinajstić information content (AvgIpc) is 3.13. The molecule has 4 amide bonds. The Morgan fingerprint density at radius 2 is 1.37 bits per heavy atom. The summed E-state index contributed by atoms with van der Waals surface area (Å²) in [6, 6.07) is 16.4. The zero-order valence-corrected chi connectivity index (χ0v) is 30.9. The molecule has 3 aromatic carbocycles. The minimum atomic E-state index is -1.27. The summed E-state index contributed by atoms with van der Waals surface area (Å²) in [5, 5.41) is 12.8. The first-order valence-electron chi connectivity index (χ1n) is 17.6. The third-order valence-corrected chi connectivity index (χ3v) is 8.66. The molecule has 0 heterocycles. The highest BCUT2D eigenvalue weighted by Gasteiger charge is 2.32. The maximum atomic E-state index is 13.9. The van der Waals surface area contributed by atoms with Gasteiger partial charge >= 0.3 is 5.97 Å². The molecular weight excluding hydrogens is 666 g/mol. The van der Waals surface area contributed by atoms with Crippen LogP contribution in [0.2, 0.25) is 0 Å². The van der Waals surface area contributed by atoms with Crippen LogP contribution >= 0.6 is 0 Å². The van der Waals surface area contributed by atoms with Crippen LogP contribution in [0.4, 0.5) is 0 Å². The van der Waals surface area contributed by atoms with Crippen LogP contribution in [0.15, 0.2) is 66.7 Å². The lowest BCUT2D eigenvalue weighted by molar-refractivity contribution is -0.145. The number of fused-ring (bicyclic) bond motifs is 1. The summed E-state index contributed by atoms with van der Waals surface area (Å²) >= 11 is 0. The standard InChI is InChI=1S/C39H53N5O8/c1-24(2)35(41-26(4)45)38(48)42-32(14-10-11-19-40)36(46)44-34(37(47)43-33(39(49)51-6)20-27-12-8-7-9-13-27)23-52-25(3)28-15-16-30-22-31(50-5)18-17-29(30)21-28/h7-9,12-13,15-18,21-22,24-25,32-35H,10-11,14,19-20,23,40H2,1-6H3,(H,41,45)(H,42,48)(H,43,47)(H,44,46)/t25?,32-,33-,34-,35-/m0/s1. The van der Waals surface area contributed by atoms with Crippen molar-refractivity contribution in [3.8, 4) is 5.75 Å². The lowest BCUT2D eigenvalue weighted by Crippen LogP contribution is -2.59. The predicted molar refractivity (Wildman–Crippen MR) is 198 cm³/mol. The number of nitrogens with one attached hydrogen (secondary N) is 4. The molecule has 0 saturated carbocycles. The number of ether oxygens (including phenoxy) is 3. The van der Waals surface area contributed by atoms with E-state index in [0.29, 0.717) is 19.4 Å². The van der Waals surface area contributed by atoms with Gasteiger partial charge in [0.15, 0.2) is 0 Å². The zero-order chi connectivity index (χ0) is 38.2. The molecule has 1 unspecified atom stereocenters. The Hall–Kier alpha value is -5.01. The van der Waals surface area contributed by atoms with Crippen molar-refractivity contribution < 1.29 is 38.2 Å². The molecule has 0 aromatic heterocycles. The molecule has 0 aliphatic heterocycles. The van der Waals surface area contributed by atoms with Crippen molar-refractivity contribution in [2.45, 2.75) is 83.6 Å². The second-order valence-electron chi connectivity index (χ2n) is 13.1. The third-order valence-electron chi connectivity index (χ3n) is 8.66. The predicted octanol–water partition coefficient (Wildman–Crippen LogP) is 3.09. The summed E-state index contributed by atoms with van der Waals surface area (Å²) < 4.78 is 16.5. The fraction of sp³-hybridized carbons (Fsp3) is 0.462. The SMILES string of the molecule is COC(=O)[C@H](Cc1ccccc1)NC(=O)[C@H](COC(C)c1ccc2cc(OC)ccc2c1)NC(=O)[C@H](CCCCN)NC(=O)[C@@H](NC(C)=O)C(C)C. The van der Waals surface area contributed by atoms with Crippen LogP contribution in [-0.4, -0.2) is 81.1 Å². The van der Waals surface area contributed by atoms with E-state index in [1.807, 2.05) is 73.7 Å². The number of unbranched alkanes of at least 4 members (excludes halogenated alkanes) is 1. The van der Waals surface area contributed by atoms with Crippen LogP contribution in [0.5, 0.6) is 5.75 Å². The molecule has 6 N–H and O–H groups in total. The van der Waals surface area contributed by atoms with Gasteiger partial charge in [-0.15, -0.1) is 0 Å². The lowest BCUT2D eigenvalue weighted by atomic mass is 10.0. The first-order valence-corrected chi connectivity index (χ1v) is 17.6. The fourth-order valence-electron chi connectivity index (χ4n) is 5.65. The molecule has 0 fully saturated rings. The maximum Gasteiger partial charge on any atom is 0.328 e. The molecule has 13 nitrogen and oxygen atoms in total. The van der Waals surface area contributed by atoms with Crippen molar-refractivity contribution in [1.82, 2.24) is 21.3 Å². The summed E-state index contributed by atoms with van der Waals surface area (Å²) in [7, 11) is 2.84. The van der Waals surface area contributed by atoms with E-state index in [1.165, 1.54) is 14.0 Å². The number of carbonyl (C=O) groups is 5. The Morgan fingerprint density at radius 1 is 0.731 bits per heavy atom.